The molecule has 0 spiro atoms. The molecule has 2 aromatic heterocycles. The van der Waals surface area contributed by atoms with Gasteiger partial charge in [-0.25, -0.2) is 4.98 Å². The van der Waals surface area contributed by atoms with E-state index in [2.05, 4.69) is 25.2 Å². The summed E-state index contributed by atoms with van der Waals surface area (Å²) in [5, 5.41) is 11.3. The Morgan fingerprint density at radius 2 is 2.28 bits per heavy atom. The monoisotopic (exact) mass is 246 g/mol. The molecule has 1 saturated carbocycles. The molecule has 1 aliphatic rings. The Bertz CT molecular complexity index is 470. The van der Waals surface area contributed by atoms with Gasteiger partial charge in [-0.15, -0.1) is 5.10 Å². The minimum absolute atomic E-state index is 0.739. The lowest BCUT2D eigenvalue weighted by Gasteiger charge is -2.08. The van der Waals surface area contributed by atoms with Gasteiger partial charge in [-0.1, -0.05) is 5.21 Å². The smallest absolute Gasteiger partial charge is 0.0948 e. The van der Waals surface area contributed by atoms with Gasteiger partial charge in [-0.05, 0) is 19.3 Å². The number of nitrogens with one attached hydrogen (secondary N) is 1. The standard InChI is InChI=1S/C12H18N6/c1(6-18-7-4-15-16-18)5-17-10-13-8-12(17)9-14-11-2-3-11/h4,7-8,10-11,14H,1-3,5-6,9H2. The second kappa shape index (κ2) is 5.30. The van der Waals surface area contributed by atoms with Crippen LogP contribution in [0.15, 0.2) is 24.9 Å². The molecule has 6 heteroatoms. The topological polar surface area (TPSA) is 60.6 Å². The van der Waals surface area contributed by atoms with Crippen LogP contribution in [0.2, 0.25) is 0 Å². The molecule has 96 valence electrons. The van der Waals surface area contributed by atoms with Crippen molar-refractivity contribution in [3.63, 3.8) is 0 Å². The van der Waals surface area contributed by atoms with E-state index in [0.29, 0.717) is 0 Å². The van der Waals surface area contributed by atoms with E-state index in [4.69, 9.17) is 0 Å². The summed E-state index contributed by atoms with van der Waals surface area (Å²) in [6.45, 7) is 2.79. The van der Waals surface area contributed by atoms with Crippen LogP contribution in [0.5, 0.6) is 0 Å². The van der Waals surface area contributed by atoms with Crippen molar-refractivity contribution in [1.82, 2.24) is 29.9 Å². The van der Waals surface area contributed by atoms with Crippen LogP contribution in [-0.4, -0.2) is 30.6 Å². The molecule has 2 heterocycles. The van der Waals surface area contributed by atoms with Crippen LogP contribution >= 0.6 is 0 Å². The lowest BCUT2D eigenvalue weighted by molar-refractivity contribution is 0.502. The van der Waals surface area contributed by atoms with Crippen LogP contribution in [-0.2, 0) is 19.6 Å². The molecule has 0 amide bonds. The molecular formula is C12H18N6. The number of hydrogen-bond donors (Lipinski definition) is 1. The number of aromatic nitrogens is 5. The van der Waals surface area contributed by atoms with Crippen LogP contribution in [0.1, 0.15) is 25.0 Å². The summed E-state index contributed by atoms with van der Waals surface area (Å²) in [6.07, 6.45) is 11.1. The van der Waals surface area contributed by atoms with Crippen molar-refractivity contribution in [1.29, 1.82) is 0 Å². The highest BCUT2D eigenvalue weighted by molar-refractivity contribution is 4.99. The van der Waals surface area contributed by atoms with Gasteiger partial charge in [0.05, 0.1) is 18.2 Å². The quantitative estimate of drug-likeness (QED) is 0.785. The molecule has 2 aromatic rings. The molecule has 0 unspecified atom stereocenters. The average molecular weight is 246 g/mol. The summed E-state index contributed by atoms with van der Waals surface area (Å²) in [7, 11) is 0. The van der Waals surface area contributed by atoms with Crippen LogP contribution in [0.25, 0.3) is 0 Å². The molecule has 0 aliphatic heterocycles. The van der Waals surface area contributed by atoms with E-state index in [0.717, 1.165) is 32.1 Å². The predicted octanol–water partition coefficient (Wildman–Crippen LogP) is 0.817. The molecule has 1 fully saturated rings. The van der Waals surface area contributed by atoms with Gasteiger partial charge in [0, 0.05) is 38.1 Å². The molecule has 1 aliphatic carbocycles. The van der Waals surface area contributed by atoms with Crippen LogP contribution in [0, 0.1) is 0 Å². The van der Waals surface area contributed by atoms with Gasteiger partial charge in [0.1, 0.15) is 0 Å². The molecular weight excluding hydrogens is 228 g/mol. The normalized spacial score (nSPS) is 15.1. The fourth-order valence-electron chi connectivity index (χ4n) is 1.99. The van der Waals surface area contributed by atoms with Crippen molar-refractivity contribution in [3.8, 4) is 0 Å². The zero-order valence-corrected chi connectivity index (χ0v) is 10.4. The van der Waals surface area contributed by atoms with Crippen LogP contribution in [0.3, 0.4) is 0 Å². The maximum atomic E-state index is 4.22. The fraction of sp³-hybridized carbons (Fsp3) is 0.583. The maximum Gasteiger partial charge on any atom is 0.0948 e. The average Bonchev–Trinajstić information content (AvgIpc) is 2.89. The summed E-state index contributed by atoms with van der Waals surface area (Å²) in [5.41, 5.74) is 1.26. The van der Waals surface area contributed by atoms with Gasteiger partial charge < -0.3 is 9.88 Å². The molecule has 0 aromatic carbocycles. The number of imidazole rings is 1. The predicted molar refractivity (Wildman–Crippen MR) is 66.7 cm³/mol. The zero-order valence-electron chi connectivity index (χ0n) is 10.4. The Morgan fingerprint density at radius 1 is 1.33 bits per heavy atom. The van der Waals surface area contributed by atoms with E-state index in [1.54, 1.807) is 6.20 Å². The van der Waals surface area contributed by atoms with Crippen molar-refractivity contribution in [3.05, 3.63) is 30.6 Å². The zero-order chi connectivity index (χ0) is 12.2. The van der Waals surface area contributed by atoms with Crippen LogP contribution in [0.4, 0.5) is 0 Å². The van der Waals surface area contributed by atoms with Crippen molar-refractivity contribution in [2.75, 3.05) is 0 Å². The second-order valence-corrected chi connectivity index (χ2v) is 4.75. The Morgan fingerprint density at radius 3 is 3.06 bits per heavy atom. The first-order valence-electron chi connectivity index (χ1n) is 6.48. The van der Waals surface area contributed by atoms with E-state index < -0.39 is 0 Å². The molecule has 0 bridgehead atoms. The Hall–Kier alpha value is -1.69. The first-order valence-corrected chi connectivity index (χ1v) is 6.48. The molecule has 1 N–H and O–H groups in total. The van der Waals surface area contributed by atoms with E-state index in [9.17, 15) is 0 Å². The number of nitrogens with zero attached hydrogens (tertiary/aromatic N) is 5. The second-order valence-electron chi connectivity index (χ2n) is 4.75. The molecule has 0 atom stereocenters. The number of aryl methyl sites for hydroxylation is 2. The molecule has 6 nitrogen and oxygen atoms in total. The third-order valence-corrected chi connectivity index (χ3v) is 3.21. The molecule has 0 radical (unpaired) electrons. The van der Waals surface area contributed by atoms with Gasteiger partial charge in [-0.2, -0.15) is 0 Å². The summed E-state index contributed by atoms with van der Waals surface area (Å²) in [5.74, 6) is 0. The number of hydrogen-bond acceptors (Lipinski definition) is 4. The van der Waals surface area contributed by atoms with Crippen molar-refractivity contribution in [2.24, 2.45) is 0 Å². The van der Waals surface area contributed by atoms with Gasteiger partial charge in [0.25, 0.3) is 0 Å². The molecule has 3 rings (SSSR count). The highest BCUT2D eigenvalue weighted by Gasteiger charge is 2.20. The van der Waals surface area contributed by atoms with Gasteiger partial charge in [0.2, 0.25) is 0 Å². The first-order chi connectivity index (χ1) is 8.92. The van der Waals surface area contributed by atoms with E-state index in [1.165, 1.54) is 18.5 Å². The van der Waals surface area contributed by atoms with Gasteiger partial charge >= 0.3 is 0 Å². The largest absolute Gasteiger partial charge is 0.333 e. The van der Waals surface area contributed by atoms with Gasteiger partial charge in [-0.3, -0.25) is 4.68 Å². The number of rotatable bonds is 7. The summed E-state index contributed by atoms with van der Waals surface area (Å²) < 4.78 is 4.07. The van der Waals surface area contributed by atoms with Crippen molar-refractivity contribution in [2.45, 2.75) is 44.9 Å². The fourth-order valence-corrected chi connectivity index (χ4v) is 1.99. The summed E-state index contributed by atoms with van der Waals surface area (Å²) in [6, 6.07) is 0.739. The molecule has 18 heavy (non-hydrogen) atoms. The van der Waals surface area contributed by atoms with Crippen molar-refractivity contribution >= 4 is 0 Å². The highest BCUT2D eigenvalue weighted by atomic mass is 15.4. The Kier molecular flexibility index (Phi) is 3.36. The first kappa shape index (κ1) is 11.4. The lowest BCUT2D eigenvalue weighted by Crippen LogP contribution is -2.18. The van der Waals surface area contributed by atoms with Gasteiger partial charge in [0.15, 0.2) is 0 Å². The third kappa shape index (κ3) is 2.95. The van der Waals surface area contributed by atoms with E-state index in [1.807, 2.05) is 23.4 Å². The maximum absolute atomic E-state index is 4.22. The minimum Gasteiger partial charge on any atom is -0.333 e. The van der Waals surface area contributed by atoms with E-state index in [-0.39, 0.29) is 0 Å². The SMILES string of the molecule is c1cn(CCCn2cncc2CNC2CC2)nn1. The Labute approximate surface area is 106 Å². The minimum atomic E-state index is 0.739. The van der Waals surface area contributed by atoms with Crippen LogP contribution < -0.4 is 5.32 Å². The van der Waals surface area contributed by atoms with E-state index >= 15 is 0 Å². The summed E-state index contributed by atoms with van der Waals surface area (Å²) >= 11 is 0. The Balaban J connectivity index is 1.47. The summed E-state index contributed by atoms with van der Waals surface area (Å²) in [4.78, 5) is 4.22. The third-order valence-electron chi connectivity index (χ3n) is 3.21. The molecule has 0 saturated heterocycles. The highest BCUT2D eigenvalue weighted by Crippen LogP contribution is 2.19. The van der Waals surface area contributed by atoms with Crippen molar-refractivity contribution < 1.29 is 0 Å². The lowest BCUT2D eigenvalue weighted by atomic mass is 10.4.